The van der Waals surface area contributed by atoms with Gasteiger partial charge in [-0.2, -0.15) is 13.2 Å². The van der Waals surface area contributed by atoms with Crippen molar-refractivity contribution in [1.29, 1.82) is 0 Å². The summed E-state index contributed by atoms with van der Waals surface area (Å²) in [5, 5.41) is 2.87. The Balaban J connectivity index is 2.19. The molecule has 0 heterocycles. The van der Waals surface area contributed by atoms with Gasteiger partial charge in [-0.15, -0.1) is 0 Å². The monoisotopic (exact) mass is 541 g/mol. The zero-order valence-electron chi connectivity index (χ0n) is 21.5. The summed E-state index contributed by atoms with van der Waals surface area (Å²) in [7, 11) is -3.92. The molecule has 0 saturated carbocycles. The second-order valence-corrected chi connectivity index (χ2v) is 10.9. The van der Waals surface area contributed by atoms with Crippen LogP contribution in [0.15, 0.2) is 54.6 Å². The summed E-state index contributed by atoms with van der Waals surface area (Å²) in [6, 6.07) is 12.3. The maximum Gasteiger partial charge on any atom is 0.416 e. The van der Waals surface area contributed by atoms with Gasteiger partial charge in [0.1, 0.15) is 6.04 Å². The molecule has 2 atom stereocenters. The highest BCUT2D eigenvalue weighted by molar-refractivity contribution is 7.92. The molecule has 0 aliphatic carbocycles. The van der Waals surface area contributed by atoms with Crippen molar-refractivity contribution in [2.75, 3.05) is 17.1 Å². The largest absolute Gasteiger partial charge is 0.416 e. The Morgan fingerprint density at radius 2 is 1.68 bits per heavy atom. The number of amides is 2. The highest BCUT2D eigenvalue weighted by atomic mass is 32.2. The number of nitrogens with one attached hydrogen (secondary N) is 1. The number of benzene rings is 2. The van der Waals surface area contributed by atoms with Gasteiger partial charge in [-0.05, 0) is 50.5 Å². The van der Waals surface area contributed by atoms with Gasteiger partial charge in [0.25, 0.3) is 0 Å². The van der Waals surface area contributed by atoms with Crippen LogP contribution in [0.4, 0.5) is 18.9 Å². The van der Waals surface area contributed by atoms with Gasteiger partial charge in [-0.25, -0.2) is 8.42 Å². The predicted molar refractivity (Wildman–Crippen MR) is 137 cm³/mol. The van der Waals surface area contributed by atoms with Crippen LogP contribution in [0.5, 0.6) is 0 Å². The van der Waals surface area contributed by atoms with Gasteiger partial charge in [-0.3, -0.25) is 13.9 Å². The number of sulfonamides is 1. The fraction of sp³-hybridized carbons (Fsp3) is 0.462. The molecule has 0 aliphatic rings. The zero-order valence-corrected chi connectivity index (χ0v) is 22.3. The van der Waals surface area contributed by atoms with Gasteiger partial charge in [0.05, 0.1) is 17.5 Å². The van der Waals surface area contributed by atoms with E-state index in [1.165, 1.54) is 11.0 Å². The van der Waals surface area contributed by atoms with Gasteiger partial charge in [-0.1, -0.05) is 43.3 Å². The number of halogens is 3. The summed E-state index contributed by atoms with van der Waals surface area (Å²) in [5.41, 5.74) is -0.280. The molecule has 0 aromatic heterocycles. The fourth-order valence-corrected chi connectivity index (χ4v) is 4.63. The Morgan fingerprint density at radius 3 is 2.24 bits per heavy atom. The normalized spacial score (nSPS) is 13.5. The molecule has 2 aromatic rings. The summed E-state index contributed by atoms with van der Waals surface area (Å²) in [5.74, 6) is -0.673. The van der Waals surface area contributed by atoms with Crippen LogP contribution in [0.2, 0.25) is 0 Å². The molecule has 1 N–H and O–H groups in total. The lowest BCUT2D eigenvalue weighted by atomic mass is 10.1. The minimum absolute atomic E-state index is 0.0488. The summed E-state index contributed by atoms with van der Waals surface area (Å²) in [6.45, 7) is 5.41. The third-order valence-corrected chi connectivity index (χ3v) is 7.17. The van der Waals surface area contributed by atoms with Crippen LogP contribution in [0.3, 0.4) is 0 Å². The standard InChI is InChI=1S/C26H34F3N3O4S/c1-5-19(2)30-25(34)20(3)31(18-21-11-7-6-8-12-21)24(33)15-10-16-32(37(4,35)36)23-14-9-13-22(17-23)26(27,28)29/h6-9,11-14,17,19-20H,5,10,15-16,18H2,1-4H3,(H,30,34)/t19-,20+/m0/s1. The van der Waals surface area contributed by atoms with Crippen LogP contribution < -0.4 is 9.62 Å². The molecule has 0 fully saturated rings. The van der Waals surface area contributed by atoms with Crippen molar-refractivity contribution in [2.45, 2.75) is 64.8 Å². The van der Waals surface area contributed by atoms with Crippen LogP contribution in [0.1, 0.15) is 51.2 Å². The molecule has 0 bridgehead atoms. The van der Waals surface area contributed by atoms with Crippen LogP contribution in [0, 0.1) is 0 Å². The highest BCUT2D eigenvalue weighted by Gasteiger charge is 2.32. The van der Waals surface area contributed by atoms with Gasteiger partial charge < -0.3 is 10.2 Å². The molecule has 204 valence electrons. The number of carbonyl (C=O) groups is 2. The van der Waals surface area contributed by atoms with Crippen LogP contribution >= 0.6 is 0 Å². The molecular formula is C26H34F3N3O4S. The summed E-state index contributed by atoms with van der Waals surface area (Å²) >= 11 is 0. The Morgan fingerprint density at radius 1 is 1.03 bits per heavy atom. The van der Waals surface area contributed by atoms with E-state index in [0.717, 1.165) is 40.7 Å². The number of hydrogen-bond donors (Lipinski definition) is 1. The molecular weight excluding hydrogens is 507 g/mol. The maximum absolute atomic E-state index is 13.2. The molecule has 2 amide bonds. The van der Waals surface area contributed by atoms with Crippen molar-refractivity contribution in [2.24, 2.45) is 0 Å². The molecule has 7 nitrogen and oxygen atoms in total. The number of carbonyl (C=O) groups excluding carboxylic acids is 2. The smallest absolute Gasteiger partial charge is 0.352 e. The van der Waals surface area contributed by atoms with Gasteiger partial charge in [0.2, 0.25) is 21.8 Å². The Kier molecular flexibility index (Phi) is 10.5. The van der Waals surface area contributed by atoms with E-state index in [9.17, 15) is 31.2 Å². The van der Waals surface area contributed by atoms with Gasteiger partial charge in [0, 0.05) is 25.6 Å². The van der Waals surface area contributed by atoms with Crippen molar-refractivity contribution in [3.63, 3.8) is 0 Å². The van der Waals surface area contributed by atoms with Gasteiger partial charge >= 0.3 is 6.18 Å². The lowest BCUT2D eigenvalue weighted by Gasteiger charge is -2.30. The topological polar surface area (TPSA) is 86.8 Å². The van der Waals surface area contributed by atoms with E-state index in [1.54, 1.807) is 6.92 Å². The average Bonchev–Trinajstić information content (AvgIpc) is 2.83. The van der Waals surface area contributed by atoms with E-state index >= 15 is 0 Å². The van der Waals surface area contributed by atoms with E-state index in [4.69, 9.17) is 0 Å². The third kappa shape index (κ3) is 9.07. The number of nitrogens with zero attached hydrogens (tertiary/aromatic N) is 2. The molecule has 0 unspecified atom stereocenters. The third-order valence-electron chi connectivity index (χ3n) is 5.98. The summed E-state index contributed by atoms with van der Waals surface area (Å²) < 4.78 is 65.0. The van der Waals surface area contributed by atoms with Crippen LogP contribution in [-0.2, 0) is 32.3 Å². The second-order valence-electron chi connectivity index (χ2n) is 8.99. The fourth-order valence-electron chi connectivity index (χ4n) is 3.67. The Hall–Kier alpha value is -3.08. The Labute approximate surface area is 216 Å². The number of anilines is 1. The molecule has 37 heavy (non-hydrogen) atoms. The lowest BCUT2D eigenvalue weighted by molar-refractivity contribution is -0.140. The van der Waals surface area contributed by atoms with E-state index in [2.05, 4.69) is 5.32 Å². The molecule has 2 rings (SSSR count). The molecule has 0 saturated heterocycles. The molecule has 0 spiro atoms. The van der Waals surface area contributed by atoms with Crippen LogP contribution in [0.25, 0.3) is 0 Å². The molecule has 0 aliphatic heterocycles. The quantitative estimate of drug-likeness (QED) is 0.426. The first-order chi connectivity index (χ1) is 17.2. The molecule has 0 radical (unpaired) electrons. The Bertz CT molecular complexity index is 1160. The van der Waals surface area contributed by atoms with Crippen molar-refractivity contribution >= 4 is 27.5 Å². The first-order valence-corrected chi connectivity index (χ1v) is 13.9. The predicted octanol–water partition coefficient (Wildman–Crippen LogP) is 4.58. The lowest BCUT2D eigenvalue weighted by Crippen LogP contribution is -2.49. The summed E-state index contributed by atoms with van der Waals surface area (Å²) in [6.07, 6.45) is -3.05. The highest BCUT2D eigenvalue weighted by Crippen LogP contribution is 2.32. The molecule has 11 heteroatoms. The zero-order chi connectivity index (χ0) is 27.8. The van der Waals surface area contributed by atoms with E-state index in [0.29, 0.717) is 0 Å². The average molecular weight is 542 g/mol. The second kappa shape index (κ2) is 12.9. The minimum Gasteiger partial charge on any atom is -0.352 e. The number of rotatable bonds is 12. The SMILES string of the molecule is CC[C@H](C)NC(=O)[C@@H](C)N(Cc1ccccc1)C(=O)CCCN(c1cccc(C(F)(F)F)c1)S(C)(=O)=O. The number of hydrogen-bond acceptors (Lipinski definition) is 4. The van der Waals surface area contributed by atoms with Crippen LogP contribution in [-0.4, -0.2) is 50.0 Å². The molecule has 2 aromatic carbocycles. The van der Waals surface area contributed by atoms with Crippen molar-refractivity contribution in [3.05, 3.63) is 65.7 Å². The van der Waals surface area contributed by atoms with Crippen molar-refractivity contribution in [3.8, 4) is 0 Å². The first-order valence-electron chi connectivity index (χ1n) is 12.0. The first kappa shape index (κ1) is 30.1. The summed E-state index contributed by atoms with van der Waals surface area (Å²) in [4.78, 5) is 27.4. The van der Waals surface area contributed by atoms with Gasteiger partial charge in [0.15, 0.2) is 0 Å². The van der Waals surface area contributed by atoms with E-state index < -0.39 is 27.8 Å². The van der Waals surface area contributed by atoms with E-state index in [1.807, 2.05) is 44.2 Å². The van der Waals surface area contributed by atoms with E-state index in [-0.39, 0.29) is 49.5 Å². The maximum atomic E-state index is 13.2. The van der Waals surface area contributed by atoms with Crippen molar-refractivity contribution < 1.29 is 31.2 Å². The van der Waals surface area contributed by atoms with Crippen molar-refractivity contribution in [1.82, 2.24) is 10.2 Å². The number of alkyl halides is 3. The minimum atomic E-state index is -4.63.